The molecule has 5 heteroatoms. The molecule has 0 radical (unpaired) electrons. The predicted molar refractivity (Wildman–Crippen MR) is 121 cm³/mol. The van der Waals surface area contributed by atoms with E-state index in [1.807, 2.05) is 97.1 Å². The van der Waals surface area contributed by atoms with E-state index in [1.165, 1.54) is 0 Å². The highest BCUT2D eigenvalue weighted by atomic mass is 79.9. The minimum absolute atomic E-state index is 0.693. The van der Waals surface area contributed by atoms with Gasteiger partial charge in [0.2, 0.25) is 0 Å². The lowest BCUT2D eigenvalue weighted by Crippen LogP contribution is -1.88. The maximum atomic E-state index is 5.95. The smallest absolute Gasteiger partial charge is 0.131 e. The summed E-state index contributed by atoms with van der Waals surface area (Å²) in [5.41, 5.74) is 0. The highest BCUT2D eigenvalue weighted by Crippen LogP contribution is 2.31. The van der Waals surface area contributed by atoms with Gasteiger partial charge in [0.25, 0.3) is 0 Å². The van der Waals surface area contributed by atoms with E-state index in [0.717, 1.165) is 26.2 Å². The number of ether oxygens (including phenoxy) is 3. The SMILES string of the molecule is Brc1cccc(Oc2ccc(Oc3cccc(Oc4cccc(Br)c4)c3)cc2)c1. The van der Waals surface area contributed by atoms with Crippen molar-refractivity contribution >= 4 is 31.9 Å². The molecule has 0 saturated carbocycles. The average Bonchev–Trinajstić information content (AvgIpc) is 2.70. The molecule has 0 N–H and O–H groups in total. The van der Waals surface area contributed by atoms with Crippen LogP contribution in [-0.4, -0.2) is 0 Å². The Bertz CT molecular complexity index is 1110. The third-order valence-corrected chi connectivity index (χ3v) is 4.92. The normalized spacial score (nSPS) is 10.4. The summed E-state index contributed by atoms with van der Waals surface area (Å²) in [4.78, 5) is 0. The van der Waals surface area contributed by atoms with Crippen molar-refractivity contribution in [2.75, 3.05) is 0 Å². The van der Waals surface area contributed by atoms with Crippen LogP contribution < -0.4 is 14.2 Å². The maximum Gasteiger partial charge on any atom is 0.131 e. The standard InChI is InChI=1S/C24H16Br2O3/c25-17-4-1-6-21(14-17)27-19-10-12-20(13-11-19)28-23-8-3-9-24(16-23)29-22-7-2-5-18(26)15-22/h1-16H. The number of benzene rings is 4. The zero-order valence-corrected chi connectivity index (χ0v) is 18.4. The lowest BCUT2D eigenvalue weighted by Gasteiger charge is -2.10. The van der Waals surface area contributed by atoms with Gasteiger partial charge in [0.15, 0.2) is 0 Å². The number of hydrogen-bond donors (Lipinski definition) is 0. The van der Waals surface area contributed by atoms with Gasteiger partial charge >= 0.3 is 0 Å². The summed E-state index contributed by atoms with van der Waals surface area (Å²) >= 11 is 6.89. The molecular formula is C24H16Br2O3. The fourth-order valence-corrected chi connectivity index (χ4v) is 3.40. The van der Waals surface area contributed by atoms with Crippen molar-refractivity contribution in [2.24, 2.45) is 0 Å². The van der Waals surface area contributed by atoms with Crippen molar-refractivity contribution in [3.05, 3.63) is 106 Å². The first kappa shape index (κ1) is 19.6. The molecule has 0 amide bonds. The monoisotopic (exact) mass is 510 g/mol. The summed E-state index contributed by atoms with van der Waals surface area (Å²) in [5, 5.41) is 0. The molecule has 0 unspecified atom stereocenters. The van der Waals surface area contributed by atoms with Crippen LogP contribution in [0.25, 0.3) is 0 Å². The minimum atomic E-state index is 0.693. The molecule has 4 rings (SSSR count). The lowest BCUT2D eigenvalue weighted by atomic mass is 10.3. The van der Waals surface area contributed by atoms with Crippen LogP contribution in [0.5, 0.6) is 34.5 Å². The molecule has 3 nitrogen and oxygen atoms in total. The molecule has 0 heterocycles. The van der Waals surface area contributed by atoms with E-state index in [2.05, 4.69) is 31.9 Å². The quantitative estimate of drug-likeness (QED) is 0.259. The lowest BCUT2D eigenvalue weighted by molar-refractivity contribution is 0.456. The second kappa shape index (κ2) is 9.16. The summed E-state index contributed by atoms with van der Waals surface area (Å²) in [6.45, 7) is 0. The zero-order valence-electron chi connectivity index (χ0n) is 15.2. The van der Waals surface area contributed by atoms with Gasteiger partial charge in [-0.15, -0.1) is 0 Å². The average molecular weight is 512 g/mol. The molecule has 0 atom stereocenters. The van der Waals surface area contributed by atoms with Crippen LogP contribution in [0.2, 0.25) is 0 Å². The highest BCUT2D eigenvalue weighted by molar-refractivity contribution is 9.10. The van der Waals surface area contributed by atoms with E-state index in [4.69, 9.17) is 14.2 Å². The van der Waals surface area contributed by atoms with Crippen molar-refractivity contribution in [2.45, 2.75) is 0 Å². The second-order valence-electron chi connectivity index (χ2n) is 6.17. The van der Waals surface area contributed by atoms with Crippen molar-refractivity contribution in [1.82, 2.24) is 0 Å². The van der Waals surface area contributed by atoms with Gasteiger partial charge in [0.1, 0.15) is 34.5 Å². The van der Waals surface area contributed by atoms with Crippen molar-refractivity contribution < 1.29 is 14.2 Å². The van der Waals surface area contributed by atoms with Crippen molar-refractivity contribution in [1.29, 1.82) is 0 Å². The topological polar surface area (TPSA) is 27.7 Å². The van der Waals surface area contributed by atoms with Crippen molar-refractivity contribution in [3.63, 3.8) is 0 Å². The van der Waals surface area contributed by atoms with Crippen LogP contribution in [0, 0.1) is 0 Å². The Labute approximate surface area is 186 Å². The molecule has 0 spiro atoms. The van der Waals surface area contributed by atoms with E-state index in [9.17, 15) is 0 Å². The van der Waals surface area contributed by atoms with Crippen LogP contribution in [0.1, 0.15) is 0 Å². The minimum Gasteiger partial charge on any atom is -0.457 e. The maximum absolute atomic E-state index is 5.95. The van der Waals surface area contributed by atoms with Gasteiger partial charge in [-0.2, -0.15) is 0 Å². The molecule has 4 aromatic carbocycles. The van der Waals surface area contributed by atoms with Gasteiger partial charge in [-0.1, -0.05) is 50.1 Å². The Hall–Kier alpha value is -2.76. The Morgan fingerprint density at radius 2 is 0.724 bits per heavy atom. The molecule has 0 aliphatic carbocycles. The molecule has 0 aliphatic rings. The molecule has 0 bridgehead atoms. The largest absolute Gasteiger partial charge is 0.457 e. The van der Waals surface area contributed by atoms with Crippen LogP contribution in [-0.2, 0) is 0 Å². The first-order valence-corrected chi connectivity index (χ1v) is 10.5. The van der Waals surface area contributed by atoms with Crippen LogP contribution in [0.4, 0.5) is 0 Å². The molecule has 0 fully saturated rings. The summed E-state index contributed by atoms with van der Waals surface area (Å²) < 4.78 is 19.6. The number of rotatable bonds is 6. The Kier molecular flexibility index (Phi) is 6.17. The van der Waals surface area contributed by atoms with Gasteiger partial charge in [-0.3, -0.25) is 0 Å². The van der Waals surface area contributed by atoms with Crippen LogP contribution in [0.15, 0.2) is 106 Å². The molecule has 144 valence electrons. The van der Waals surface area contributed by atoms with Gasteiger partial charge in [-0.05, 0) is 72.8 Å². The number of halogens is 2. The Morgan fingerprint density at radius 3 is 1.14 bits per heavy atom. The molecule has 29 heavy (non-hydrogen) atoms. The van der Waals surface area contributed by atoms with E-state index in [0.29, 0.717) is 17.2 Å². The zero-order chi connectivity index (χ0) is 20.1. The number of hydrogen-bond acceptors (Lipinski definition) is 3. The third-order valence-electron chi connectivity index (χ3n) is 3.93. The van der Waals surface area contributed by atoms with Gasteiger partial charge in [0.05, 0.1) is 0 Å². The summed E-state index contributed by atoms with van der Waals surface area (Å²) in [5.74, 6) is 4.37. The molecule has 0 aliphatic heterocycles. The molecule has 4 aromatic rings. The fourth-order valence-electron chi connectivity index (χ4n) is 2.65. The van der Waals surface area contributed by atoms with E-state index in [-0.39, 0.29) is 0 Å². The summed E-state index contributed by atoms with van der Waals surface area (Å²) in [6, 6.07) is 30.4. The van der Waals surface area contributed by atoms with E-state index in [1.54, 1.807) is 0 Å². The predicted octanol–water partition coefficient (Wildman–Crippen LogP) is 8.59. The molecular weight excluding hydrogens is 496 g/mol. The van der Waals surface area contributed by atoms with E-state index >= 15 is 0 Å². The Balaban J connectivity index is 1.42. The fraction of sp³-hybridized carbons (Fsp3) is 0. The van der Waals surface area contributed by atoms with Gasteiger partial charge in [0, 0.05) is 15.0 Å². The van der Waals surface area contributed by atoms with Crippen LogP contribution in [0.3, 0.4) is 0 Å². The van der Waals surface area contributed by atoms with E-state index < -0.39 is 0 Å². The first-order valence-electron chi connectivity index (χ1n) is 8.89. The van der Waals surface area contributed by atoms with Gasteiger partial charge in [-0.25, -0.2) is 0 Å². The van der Waals surface area contributed by atoms with Gasteiger partial charge < -0.3 is 14.2 Å². The molecule has 0 saturated heterocycles. The second-order valence-corrected chi connectivity index (χ2v) is 8.00. The summed E-state index contributed by atoms with van der Waals surface area (Å²) in [7, 11) is 0. The first-order chi connectivity index (χ1) is 14.1. The highest BCUT2D eigenvalue weighted by Gasteiger charge is 2.04. The summed E-state index contributed by atoms with van der Waals surface area (Å²) in [6.07, 6.45) is 0. The molecule has 0 aromatic heterocycles. The van der Waals surface area contributed by atoms with Crippen LogP contribution >= 0.6 is 31.9 Å². The van der Waals surface area contributed by atoms with Crippen molar-refractivity contribution in [3.8, 4) is 34.5 Å². The Morgan fingerprint density at radius 1 is 0.379 bits per heavy atom. The third kappa shape index (κ3) is 5.62.